The molecule has 17 nitrogen and oxygen atoms in total. The topological polar surface area (TPSA) is 284 Å². The summed E-state index contributed by atoms with van der Waals surface area (Å²) in [6.45, 7) is 6.44. The number of esters is 2. The lowest BCUT2D eigenvalue weighted by Gasteiger charge is -2.31. The van der Waals surface area contributed by atoms with Crippen LogP contribution in [0.3, 0.4) is 0 Å². The number of unbranched alkanes of at least 4 members (excludes halogenated alkanes) is 2. The van der Waals surface area contributed by atoms with Crippen LogP contribution in [0.4, 0.5) is 0 Å². The van der Waals surface area contributed by atoms with Gasteiger partial charge in [0.2, 0.25) is 6.10 Å². The number of aliphatic hydroxyl groups is 4. The van der Waals surface area contributed by atoms with Gasteiger partial charge in [-0.05, 0) is 49.7 Å². The molecule has 2 aliphatic rings. The van der Waals surface area contributed by atoms with Crippen molar-refractivity contribution in [2.24, 2.45) is 5.73 Å². The molecular formula is C48H74N4O13. The number of nitrogens with one attached hydrogen (secondary N) is 3. The van der Waals surface area contributed by atoms with Crippen molar-refractivity contribution in [1.82, 2.24) is 16.0 Å². The highest BCUT2D eigenvalue weighted by molar-refractivity contribution is 5.86. The molecule has 364 valence electrons. The van der Waals surface area contributed by atoms with Crippen molar-refractivity contribution in [3.63, 3.8) is 0 Å². The van der Waals surface area contributed by atoms with Gasteiger partial charge in [0.05, 0.1) is 30.3 Å². The second kappa shape index (κ2) is 31.1. The first kappa shape index (κ1) is 56.2. The fourth-order valence-corrected chi connectivity index (χ4v) is 7.50. The van der Waals surface area contributed by atoms with E-state index in [-0.39, 0.29) is 18.9 Å². The molecule has 17 heteroatoms. The Labute approximate surface area is 383 Å². The average Bonchev–Trinajstić information content (AvgIpc) is 3.28. The lowest BCUT2D eigenvalue weighted by atomic mass is 9.92. The highest BCUT2D eigenvalue weighted by Gasteiger charge is 2.34. The molecule has 10 atom stereocenters. The first-order valence-corrected chi connectivity index (χ1v) is 23.0. The maximum atomic E-state index is 13.0. The van der Waals surface area contributed by atoms with Gasteiger partial charge in [-0.15, -0.1) is 0 Å². The first-order chi connectivity index (χ1) is 31.0. The highest BCUT2D eigenvalue weighted by Crippen LogP contribution is 2.20. The Kier molecular flexibility index (Phi) is 26.9. The number of aliphatic carboxylic acids is 1. The minimum absolute atomic E-state index is 0.184. The number of benzene rings is 2. The number of ether oxygens (including phenoxy) is 2. The van der Waals surface area contributed by atoms with Crippen LogP contribution >= 0.6 is 0 Å². The summed E-state index contributed by atoms with van der Waals surface area (Å²) in [5.41, 5.74) is 7.42. The molecule has 2 saturated carbocycles. The van der Waals surface area contributed by atoms with Gasteiger partial charge in [-0.2, -0.15) is 0 Å². The SMILES string of the molecule is CC(=O)O[C@H](Cc1ccccc1)C(=O)O.CCCC[C@H](N)[C@H](O)C(=O)N[C@H]1CCCC[C@@H]1O.CCCC[C@H](NC(=O)[C@@H](Cc1ccccc1)OC(C)=O)[C@H](O)C(=O)N[C@H]1CCCC[C@@H]1O. The molecule has 10 N–H and O–H groups in total. The molecule has 0 bridgehead atoms. The fraction of sp³-hybridized carbons (Fsp3) is 0.625. The Hall–Kier alpha value is -4.94. The van der Waals surface area contributed by atoms with E-state index in [4.69, 9.17) is 15.6 Å². The lowest BCUT2D eigenvalue weighted by molar-refractivity contribution is -0.162. The Bertz CT molecular complexity index is 1720. The van der Waals surface area contributed by atoms with E-state index in [2.05, 4.69) is 20.7 Å². The van der Waals surface area contributed by atoms with Crippen LogP contribution in [0, 0.1) is 0 Å². The van der Waals surface area contributed by atoms with Crippen molar-refractivity contribution < 1.29 is 63.8 Å². The normalized spacial score (nSPS) is 20.8. The second-order valence-electron chi connectivity index (χ2n) is 16.8. The van der Waals surface area contributed by atoms with Crippen LogP contribution < -0.4 is 21.7 Å². The van der Waals surface area contributed by atoms with Crippen molar-refractivity contribution >= 4 is 35.6 Å². The second-order valence-corrected chi connectivity index (χ2v) is 16.8. The van der Waals surface area contributed by atoms with Gasteiger partial charge in [0.1, 0.15) is 6.10 Å². The number of nitrogens with two attached hydrogens (primary N) is 1. The van der Waals surface area contributed by atoms with Gasteiger partial charge in [0, 0.05) is 32.7 Å². The maximum absolute atomic E-state index is 13.0. The van der Waals surface area contributed by atoms with Gasteiger partial charge in [0.25, 0.3) is 17.7 Å². The fourth-order valence-electron chi connectivity index (χ4n) is 7.50. The largest absolute Gasteiger partial charge is 0.478 e. The van der Waals surface area contributed by atoms with Gasteiger partial charge >= 0.3 is 17.9 Å². The van der Waals surface area contributed by atoms with Gasteiger partial charge < -0.3 is 56.7 Å². The molecule has 0 saturated heterocycles. The Morgan fingerprint density at radius 1 is 0.631 bits per heavy atom. The third-order valence-corrected chi connectivity index (χ3v) is 11.2. The quantitative estimate of drug-likeness (QED) is 0.0814. The summed E-state index contributed by atoms with van der Waals surface area (Å²) in [5, 5.41) is 57.3. The molecule has 2 aliphatic carbocycles. The number of carboxylic acids is 1. The summed E-state index contributed by atoms with van der Waals surface area (Å²) in [5.74, 6) is -3.94. The summed E-state index contributed by atoms with van der Waals surface area (Å²) in [7, 11) is 0. The molecule has 2 aromatic carbocycles. The van der Waals surface area contributed by atoms with Crippen LogP contribution in [0.5, 0.6) is 0 Å². The number of carbonyl (C=O) groups is 6. The van der Waals surface area contributed by atoms with Gasteiger partial charge in [-0.25, -0.2) is 4.79 Å². The number of amides is 3. The summed E-state index contributed by atoms with van der Waals surface area (Å²) >= 11 is 0. The standard InChI is InChI=1S/C24H36N2O6.C13H26N2O3.C11H12O4/c1-3-4-12-19(22(29)24(31)25-18-13-8-9-14-20(18)28)26-23(30)21(32-16(2)27)15-17-10-6-5-7-11-17;1-2-3-6-9(14)12(17)13(18)15-10-7-4-5-8-11(10)16;1-8(12)15-10(11(13)14)7-9-5-3-2-4-6-9/h5-7,10-11,18-22,28-29H,3-4,8-9,12-15H2,1-2H3,(H,25,31)(H,26,30);9-12,16-17H,2-8,14H2,1H3,(H,15,18);2-6,10H,7H2,1H3,(H,13,14)/t18-,19-,20-,21+,22-;9-,10-,11-,12-;10-/m001/s1. The Balaban J connectivity index is 0.000000370. The third kappa shape index (κ3) is 22.2. The minimum atomic E-state index is -1.48. The number of hydrogen-bond acceptors (Lipinski definition) is 13. The molecule has 4 rings (SSSR count). The molecule has 0 aromatic heterocycles. The summed E-state index contributed by atoms with van der Waals surface area (Å²) in [4.78, 5) is 70.4. The van der Waals surface area contributed by atoms with Crippen molar-refractivity contribution in [1.29, 1.82) is 0 Å². The van der Waals surface area contributed by atoms with Crippen molar-refractivity contribution in [3.8, 4) is 0 Å². The van der Waals surface area contributed by atoms with Crippen molar-refractivity contribution in [3.05, 3.63) is 71.8 Å². The van der Waals surface area contributed by atoms with E-state index in [1.807, 2.05) is 62.4 Å². The number of carbonyl (C=O) groups excluding carboxylic acids is 5. The van der Waals surface area contributed by atoms with E-state index in [1.54, 1.807) is 12.1 Å². The zero-order valence-electron chi connectivity index (χ0n) is 38.4. The molecule has 0 heterocycles. The monoisotopic (exact) mass is 915 g/mol. The molecule has 0 radical (unpaired) electrons. The average molecular weight is 915 g/mol. The molecule has 0 unspecified atom stereocenters. The van der Waals surface area contributed by atoms with Gasteiger partial charge in [-0.3, -0.25) is 24.0 Å². The minimum Gasteiger partial charge on any atom is -0.478 e. The van der Waals surface area contributed by atoms with Crippen LogP contribution in [0.2, 0.25) is 0 Å². The van der Waals surface area contributed by atoms with E-state index in [0.29, 0.717) is 38.5 Å². The van der Waals surface area contributed by atoms with Gasteiger partial charge in [-0.1, -0.05) is 126 Å². The van der Waals surface area contributed by atoms with E-state index in [0.717, 1.165) is 62.5 Å². The molecule has 3 amide bonds. The third-order valence-electron chi connectivity index (χ3n) is 11.2. The molecule has 2 aromatic rings. The summed E-state index contributed by atoms with van der Waals surface area (Å²) in [6, 6.07) is 16.2. The smallest absolute Gasteiger partial charge is 0.345 e. The molecular weight excluding hydrogens is 841 g/mol. The first-order valence-electron chi connectivity index (χ1n) is 23.0. The van der Waals surface area contributed by atoms with E-state index in [1.165, 1.54) is 13.8 Å². The molecule has 0 spiro atoms. The molecule has 65 heavy (non-hydrogen) atoms. The number of hydrogen-bond donors (Lipinski definition) is 9. The van der Waals surface area contributed by atoms with Crippen LogP contribution in [-0.2, 0) is 51.1 Å². The number of aliphatic hydroxyl groups excluding tert-OH is 4. The number of carboxylic acid groups (broad SMARTS) is 1. The van der Waals surface area contributed by atoms with E-state index >= 15 is 0 Å². The maximum Gasteiger partial charge on any atom is 0.345 e. The zero-order chi connectivity index (χ0) is 48.3. The summed E-state index contributed by atoms with van der Waals surface area (Å²) < 4.78 is 9.91. The number of rotatable bonds is 21. The predicted octanol–water partition coefficient (Wildman–Crippen LogP) is 3.15. The van der Waals surface area contributed by atoms with E-state index < -0.39 is 90.4 Å². The van der Waals surface area contributed by atoms with Crippen LogP contribution in [0.25, 0.3) is 0 Å². The summed E-state index contributed by atoms with van der Waals surface area (Å²) in [6.07, 6.45) is 5.38. The van der Waals surface area contributed by atoms with Crippen LogP contribution in [0.15, 0.2) is 60.7 Å². The Morgan fingerprint density at radius 3 is 1.48 bits per heavy atom. The molecule has 0 aliphatic heterocycles. The predicted molar refractivity (Wildman–Crippen MR) is 243 cm³/mol. The lowest BCUT2D eigenvalue weighted by Crippen LogP contribution is -2.56. The Morgan fingerprint density at radius 2 is 1.05 bits per heavy atom. The van der Waals surface area contributed by atoms with Crippen LogP contribution in [-0.4, -0.2) is 122 Å². The van der Waals surface area contributed by atoms with Crippen LogP contribution in [0.1, 0.15) is 129 Å². The van der Waals surface area contributed by atoms with Crippen molar-refractivity contribution in [2.45, 2.75) is 191 Å². The van der Waals surface area contributed by atoms with E-state index in [9.17, 15) is 49.2 Å². The van der Waals surface area contributed by atoms with Gasteiger partial charge in [0.15, 0.2) is 12.2 Å². The highest BCUT2D eigenvalue weighted by atomic mass is 16.6. The van der Waals surface area contributed by atoms with Crippen molar-refractivity contribution in [2.75, 3.05) is 0 Å². The zero-order valence-corrected chi connectivity index (χ0v) is 38.4. The molecule has 2 fully saturated rings.